The predicted octanol–water partition coefficient (Wildman–Crippen LogP) is 0.434. The molecule has 0 aliphatic heterocycles. The molecule has 1 radical (unpaired) electrons. The van der Waals surface area contributed by atoms with Crippen molar-refractivity contribution in [1.29, 1.82) is 0 Å². The van der Waals surface area contributed by atoms with Gasteiger partial charge in [0.2, 0.25) is 5.95 Å². The minimum Gasteiger partial charge on any atom is -0.537 e. The molecule has 0 aromatic carbocycles. The third-order valence-corrected chi connectivity index (χ3v) is 1.27. The van der Waals surface area contributed by atoms with Crippen molar-refractivity contribution in [2.45, 2.75) is 6.92 Å². The highest BCUT2D eigenvalue weighted by molar-refractivity contribution is 6.17. The summed E-state index contributed by atoms with van der Waals surface area (Å²) < 4.78 is 17.2. The van der Waals surface area contributed by atoms with Crippen molar-refractivity contribution in [3.05, 3.63) is 23.8 Å². The number of hydrogen-bond donors (Lipinski definition) is 1. The smallest absolute Gasteiger partial charge is 0.537 e. The number of pyridine rings is 1. The van der Waals surface area contributed by atoms with Crippen LogP contribution in [0.4, 0.5) is 4.39 Å². The molecule has 0 unspecified atom stereocenters. The molecular formula is C6H6BFNO2. The Hall–Kier alpha value is -1.10. The van der Waals surface area contributed by atoms with Gasteiger partial charge in [-0.15, -0.1) is 0 Å². The van der Waals surface area contributed by atoms with E-state index in [-0.39, 0.29) is 11.3 Å². The summed E-state index contributed by atoms with van der Waals surface area (Å²) in [5, 5.41) is 8.24. The fourth-order valence-electron chi connectivity index (χ4n) is 0.678. The Morgan fingerprint density at radius 1 is 1.73 bits per heavy atom. The molecule has 1 rings (SSSR count). The minimum atomic E-state index is -0.593. The van der Waals surface area contributed by atoms with E-state index in [1.54, 1.807) is 0 Å². The van der Waals surface area contributed by atoms with Gasteiger partial charge in [0, 0.05) is 11.8 Å². The van der Waals surface area contributed by atoms with Gasteiger partial charge in [0.1, 0.15) is 5.75 Å². The number of rotatable bonds is 2. The lowest BCUT2D eigenvalue weighted by atomic mass is 10.2. The molecule has 57 valence electrons. The molecule has 0 saturated carbocycles. The first-order chi connectivity index (χ1) is 5.25. The number of halogens is 1. The molecule has 0 spiro atoms. The zero-order chi connectivity index (χ0) is 8.27. The summed E-state index contributed by atoms with van der Waals surface area (Å²) >= 11 is 0. The fourth-order valence-corrected chi connectivity index (χ4v) is 0.678. The Kier molecular flexibility index (Phi) is 2.43. The predicted molar refractivity (Wildman–Crippen MR) is 37.5 cm³/mol. The molecule has 0 saturated heterocycles. The lowest BCUT2D eigenvalue weighted by molar-refractivity contribution is 0.446. The summed E-state index contributed by atoms with van der Waals surface area (Å²) in [6, 6.07) is 1.46. The van der Waals surface area contributed by atoms with Gasteiger partial charge < -0.3 is 9.68 Å². The second-order valence-corrected chi connectivity index (χ2v) is 1.95. The highest BCUT2D eigenvalue weighted by atomic mass is 19.1. The van der Waals surface area contributed by atoms with Crippen LogP contribution in [-0.2, 0) is 0 Å². The molecule has 0 atom stereocenters. The molecule has 1 N–H and O–H groups in total. The van der Waals surface area contributed by atoms with E-state index in [1.807, 2.05) is 0 Å². The molecule has 0 bridgehead atoms. The van der Waals surface area contributed by atoms with Crippen LogP contribution in [-0.4, -0.2) is 17.7 Å². The normalized spacial score (nSPS) is 9.36. The lowest BCUT2D eigenvalue weighted by Gasteiger charge is -2.04. The van der Waals surface area contributed by atoms with Crippen molar-refractivity contribution in [3.8, 4) is 5.75 Å². The van der Waals surface area contributed by atoms with Gasteiger partial charge in [-0.3, -0.25) is 0 Å². The Labute approximate surface area is 64.1 Å². The van der Waals surface area contributed by atoms with E-state index in [0.717, 1.165) is 0 Å². The Morgan fingerprint density at radius 3 is 3.09 bits per heavy atom. The molecule has 1 heterocycles. The summed E-state index contributed by atoms with van der Waals surface area (Å²) in [6.07, 6.45) is 1.27. The van der Waals surface area contributed by atoms with Gasteiger partial charge >= 0.3 is 7.69 Å². The topological polar surface area (TPSA) is 42.4 Å². The number of nitrogens with zero attached hydrogens (tertiary/aromatic N) is 1. The third-order valence-electron chi connectivity index (χ3n) is 1.27. The molecule has 1 aromatic heterocycles. The molecule has 0 aliphatic rings. The van der Waals surface area contributed by atoms with E-state index in [9.17, 15) is 4.39 Å². The monoisotopic (exact) mass is 154 g/mol. The Balaban J connectivity index is 2.96. The first kappa shape index (κ1) is 8.01. The summed E-state index contributed by atoms with van der Waals surface area (Å²) in [7, 11) is 0.502. The van der Waals surface area contributed by atoms with E-state index < -0.39 is 5.95 Å². The molecule has 1 aromatic rings. The SMILES string of the molecule is Cc1c(O[B]O)ccnc1F. The average Bonchev–Trinajstić information content (AvgIpc) is 1.99. The number of aromatic nitrogens is 1. The van der Waals surface area contributed by atoms with Crippen LogP contribution in [0.3, 0.4) is 0 Å². The van der Waals surface area contributed by atoms with Crippen molar-refractivity contribution in [1.82, 2.24) is 4.98 Å². The van der Waals surface area contributed by atoms with Crippen LogP contribution in [0, 0.1) is 12.9 Å². The van der Waals surface area contributed by atoms with E-state index in [0.29, 0.717) is 7.69 Å². The molecule has 11 heavy (non-hydrogen) atoms. The minimum absolute atomic E-state index is 0.264. The molecule has 0 amide bonds. The van der Waals surface area contributed by atoms with Crippen LogP contribution < -0.4 is 4.65 Å². The molecule has 0 fully saturated rings. The van der Waals surface area contributed by atoms with E-state index >= 15 is 0 Å². The summed E-state index contributed by atoms with van der Waals surface area (Å²) in [5.74, 6) is -0.329. The maximum absolute atomic E-state index is 12.6. The van der Waals surface area contributed by atoms with E-state index in [2.05, 4.69) is 9.64 Å². The summed E-state index contributed by atoms with van der Waals surface area (Å²) in [4.78, 5) is 3.38. The molecule has 0 aliphatic carbocycles. The van der Waals surface area contributed by atoms with E-state index in [4.69, 9.17) is 5.02 Å². The largest absolute Gasteiger partial charge is 0.569 e. The van der Waals surface area contributed by atoms with Gasteiger partial charge in [-0.2, -0.15) is 4.39 Å². The summed E-state index contributed by atoms with van der Waals surface area (Å²) in [6.45, 7) is 1.52. The van der Waals surface area contributed by atoms with Crippen LogP contribution in [0.2, 0.25) is 0 Å². The van der Waals surface area contributed by atoms with Gasteiger partial charge in [-0.25, -0.2) is 4.98 Å². The average molecular weight is 154 g/mol. The van der Waals surface area contributed by atoms with Crippen molar-refractivity contribution in [3.63, 3.8) is 0 Å². The van der Waals surface area contributed by atoms with Gasteiger partial charge in [0.25, 0.3) is 0 Å². The van der Waals surface area contributed by atoms with Crippen LogP contribution in [0.15, 0.2) is 12.3 Å². The van der Waals surface area contributed by atoms with Gasteiger partial charge in [-0.05, 0) is 13.0 Å². The van der Waals surface area contributed by atoms with Crippen molar-refractivity contribution in [2.24, 2.45) is 0 Å². The van der Waals surface area contributed by atoms with Gasteiger partial charge in [0.05, 0.1) is 0 Å². The fraction of sp³-hybridized carbons (Fsp3) is 0.167. The van der Waals surface area contributed by atoms with Gasteiger partial charge in [0.15, 0.2) is 0 Å². The molecule has 5 heteroatoms. The van der Waals surface area contributed by atoms with Gasteiger partial charge in [-0.1, -0.05) is 0 Å². The zero-order valence-corrected chi connectivity index (χ0v) is 5.91. The van der Waals surface area contributed by atoms with Crippen molar-refractivity contribution < 1.29 is 14.1 Å². The third kappa shape index (κ3) is 1.68. The van der Waals surface area contributed by atoms with E-state index in [1.165, 1.54) is 19.2 Å². The summed E-state index contributed by atoms with van der Waals surface area (Å²) in [5.41, 5.74) is 0.276. The van der Waals surface area contributed by atoms with Crippen LogP contribution >= 0.6 is 0 Å². The zero-order valence-electron chi connectivity index (χ0n) is 5.91. The Morgan fingerprint density at radius 2 is 2.45 bits per heavy atom. The van der Waals surface area contributed by atoms with Crippen LogP contribution in [0.5, 0.6) is 5.75 Å². The number of hydrogen-bond acceptors (Lipinski definition) is 3. The van der Waals surface area contributed by atoms with Crippen LogP contribution in [0.1, 0.15) is 5.56 Å². The van der Waals surface area contributed by atoms with Crippen molar-refractivity contribution >= 4 is 7.69 Å². The maximum Gasteiger partial charge on any atom is 0.569 e. The molecular weight excluding hydrogens is 148 g/mol. The standard InChI is InChI=1S/C6H6BFNO2/c1-4-5(11-7-10)2-3-9-6(4)8/h2-3,10H,1H3. The van der Waals surface area contributed by atoms with Crippen LogP contribution in [0.25, 0.3) is 0 Å². The lowest BCUT2D eigenvalue weighted by Crippen LogP contribution is -2.02. The first-order valence-corrected chi connectivity index (χ1v) is 2.99. The highest BCUT2D eigenvalue weighted by Gasteiger charge is 2.04. The second kappa shape index (κ2) is 3.34. The quantitative estimate of drug-likeness (QED) is 0.496. The first-order valence-electron chi connectivity index (χ1n) is 2.99. The molecule has 3 nitrogen and oxygen atoms in total. The van der Waals surface area contributed by atoms with Crippen molar-refractivity contribution in [2.75, 3.05) is 0 Å². The maximum atomic E-state index is 12.6. The Bertz CT molecular complexity index is 256. The highest BCUT2D eigenvalue weighted by Crippen LogP contribution is 2.16. The second-order valence-electron chi connectivity index (χ2n) is 1.95.